The van der Waals surface area contributed by atoms with Crippen LogP contribution in [0.5, 0.6) is 0 Å². The Balaban J connectivity index is -0.0000000579. The highest BCUT2D eigenvalue weighted by atomic mass is 16.1. The molecule has 0 amide bonds. The Labute approximate surface area is 127 Å². The van der Waals surface area contributed by atoms with Gasteiger partial charge in [-0.2, -0.15) is 5.26 Å². The summed E-state index contributed by atoms with van der Waals surface area (Å²) in [6, 6.07) is 1.75. The maximum absolute atomic E-state index is 8.00. The zero-order valence-corrected chi connectivity index (χ0v) is 14.7. The number of rotatable bonds is 1. The van der Waals surface area contributed by atoms with Crippen LogP contribution < -0.4 is 5.32 Å². The Morgan fingerprint density at radius 3 is 1.35 bits per heavy atom. The monoisotopic (exact) mass is 288 g/mol. The molecule has 0 bridgehead atoms. The fourth-order valence-electron chi connectivity index (χ4n) is 1.58. The van der Waals surface area contributed by atoms with E-state index in [9.17, 15) is 0 Å². The van der Waals surface area contributed by atoms with Crippen molar-refractivity contribution in [1.29, 1.82) is 5.26 Å². The van der Waals surface area contributed by atoms with Crippen molar-refractivity contribution in [1.82, 2.24) is 5.32 Å². The van der Waals surface area contributed by atoms with E-state index in [1.165, 1.54) is 39.0 Å². The molecule has 0 atom stereocenters. The number of nitrogens with one attached hydrogen (secondary N) is 1. The zero-order chi connectivity index (χ0) is 17.4. The highest BCUT2D eigenvalue weighted by Gasteiger charge is 2.23. The first-order chi connectivity index (χ1) is 9.68. The second kappa shape index (κ2) is 36.1. The molecule has 0 heterocycles. The lowest BCUT2D eigenvalue weighted by Gasteiger charge is -2.33. The Bertz CT molecular complexity index is 172. The van der Waals surface area contributed by atoms with E-state index in [4.69, 9.17) is 14.9 Å². The maximum Gasteiger partial charge on any atom is 0.106 e. The van der Waals surface area contributed by atoms with Crippen LogP contribution in [0, 0.1) is 11.3 Å². The van der Waals surface area contributed by atoms with E-state index >= 15 is 0 Å². The van der Waals surface area contributed by atoms with Gasteiger partial charge in [0.25, 0.3) is 0 Å². The molecule has 0 saturated heterocycles. The van der Waals surface area contributed by atoms with Crippen LogP contribution in [0.25, 0.3) is 0 Å². The molecule has 1 rings (SSSR count). The van der Waals surface area contributed by atoms with Gasteiger partial charge >= 0.3 is 0 Å². The van der Waals surface area contributed by atoms with Crippen molar-refractivity contribution in [3.05, 3.63) is 0 Å². The summed E-state index contributed by atoms with van der Waals surface area (Å²) < 4.78 is 0. The van der Waals surface area contributed by atoms with Crippen LogP contribution in [-0.4, -0.2) is 26.2 Å². The van der Waals surface area contributed by atoms with Gasteiger partial charge in [-0.15, -0.1) is 0 Å². The topological polar surface area (TPSA) is 70.0 Å². The van der Waals surface area contributed by atoms with Crippen molar-refractivity contribution in [3.8, 4) is 6.07 Å². The van der Waals surface area contributed by atoms with Crippen molar-refractivity contribution < 1.29 is 9.59 Å². The Hall–Kier alpha value is -1.21. The molecule has 1 N–H and O–H groups in total. The smallest absolute Gasteiger partial charge is 0.106 e. The predicted molar refractivity (Wildman–Crippen MR) is 88.8 cm³/mol. The van der Waals surface area contributed by atoms with Crippen molar-refractivity contribution in [2.45, 2.75) is 79.2 Å². The van der Waals surface area contributed by atoms with E-state index in [1.807, 2.05) is 41.3 Å². The third-order valence-electron chi connectivity index (χ3n) is 2.56. The van der Waals surface area contributed by atoms with Gasteiger partial charge in [-0.05, 0) is 26.8 Å². The Kier molecular flexibility index (Phi) is 56.4. The minimum absolute atomic E-state index is 0.470. The maximum atomic E-state index is 8.00. The highest BCUT2D eigenvalue weighted by Crippen LogP contribution is 2.26. The molecular formula is C16H36N2O2. The van der Waals surface area contributed by atoms with Crippen molar-refractivity contribution in [3.63, 3.8) is 0 Å². The minimum atomic E-state index is 0.470. The lowest BCUT2D eigenvalue weighted by Crippen LogP contribution is -2.41. The standard InChI is InChI=1S/C8H17N.C2H3N.2C2H6.2CH2O/c1-8(9-2)6-4-3-5-7-8;1-2-3;4*1-2/h9H,3-7H2,1-2H3;1H3;2*1-2H3;2*1H2. The molecule has 0 aliphatic heterocycles. The third-order valence-corrected chi connectivity index (χ3v) is 2.56. The molecule has 0 aromatic heterocycles. The minimum Gasteiger partial charge on any atom is -0.315 e. The van der Waals surface area contributed by atoms with E-state index in [0.29, 0.717) is 5.54 Å². The first-order valence-corrected chi connectivity index (χ1v) is 7.26. The fourth-order valence-corrected chi connectivity index (χ4v) is 1.58. The second-order valence-electron chi connectivity index (χ2n) is 3.59. The van der Waals surface area contributed by atoms with Gasteiger partial charge in [0.05, 0.1) is 6.07 Å². The number of nitriles is 1. The number of carbonyl (C=O) groups excluding carboxylic acids is 2. The van der Waals surface area contributed by atoms with E-state index in [-0.39, 0.29) is 0 Å². The van der Waals surface area contributed by atoms with Crippen LogP contribution in [0.3, 0.4) is 0 Å². The summed E-state index contributed by atoms with van der Waals surface area (Å²) in [5, 5.41) is 10.7. The molecule has 4 nitrogen and oxygen atoms in total. The van der Waals surface area contributed by atoms with E-state index in [0.717, 1.165) is 0 Å². The molecule has 1 fully saturated rings. The van der Waals surface area contributed by atoms with Crippen LogP contribution in [0.15, 0.2) is 0 Å². The fraction of sp³-hybridized carbons (Fsp3) is 0.812. The van der Waals surface area contributed by atoms with Crippen molar-refractivity contribution in [2.24, 2.45) is 0 Å². The van der Waals surface area contributed by atoms with E-state index < -0.39 is 0 Å². The number of nitrogens with zero attached hydrogens (tertiary/aromatic N) is 1. The van der Waals surface area contributed by atoms with Gasteiger partial charge in [-0.3, -0.25) is 0 Å². The summed E-state index contributed by atoms with van der Waals surface area (Å²) in [5.41, 5.74) is 0.470. The van der Waals surface area contributed by atoms with Gasteiger partial charge in [0.2, 0.25) is 0 Å². The van der Waals surface area contributed by atoms with Crippen LogP contribution in [0.4, 0.5) is 0 Å². The molecule has 0 spiro atoms. The molecule has 0 aromatic carbocycles. The van der Waals surface area contributed by atoms with Gasteiger partial charge < -0.3 is 14.9 Å². The average Bonchev–Trinajstić information content (AvgIpc) is 2.56. The molecule has 0 aromatic rings. The zero-order valence-electron chi connectivity index (χ0n) is 14.7. The van der Waals surface area contributed by atoms with Gasteiger partial charge in [0.1, 0.15) is 13.6 Å². The molecule has 1 saturated carbocycles. The highest BCUT2D eigenvalue weighted by molar-refractivity contribution is 5.11. The molecule has 122 valence electrons. The largest absolute Gasteiger partial charge is 0.315 e. The SMILES string of the molecule is C=O.C=O.CC.CC.CC#N.CNC1(C)CCCCC1. The van der Waals surface area contributed by atoms with E-state index in [2.05, 4.69) is 19.3 Å². The lowest BCUT2D eigenvalue weighted by molar-refractivity contribution is -0.0987. The summed E-state index contributed by atoms with van der Waals surface area (Å²) in [6.07, 6.45) is 7.00. The summed E-state index contributed by atoms with van der Waals surface area (Å²) in [6.45, 7) is 15.8. The number of hydrogen-bond donors (Lipinski definition) is 1. The first kappa shape index (κ1) is 31.3. The van der Waals surface area contributed by atoms with Crippen LogP contribution in [0.2, 0.25) is 0 Å². The first-order valence-electron chi connectivity index (χ1n) is 7.26. The molecule has 20 heavy (non-hydrogen) atoms. The van der Waals surface area contributed by atoms with Crippen molar-refractivity contribution >= 4 is 13.6 Å². The van der Waals surface area contributed by atoms with Gasteiger partial charge in [-0.25, -0.2) is 0 Å². The third kappa shape index (κ3) is 30.1. The molecule has 0 radical (unpaired) electrons. The normalized spacial score (nSPS) is 13.1. The Morgan fingerprint density at radius 1 is 0.950 bits per heavy atom. The Morgan fingerprint density at radius 2 is 1.20 bits per heavy atom. The van der Waals surface area contributed by atoms with E-state index in [1.54, 1.807) is 6.07 Å². The molecule has 4 heteroatoms. The summed E-state index contributed by atoms with van der Waals surface area (Å²) >= 11 is 0. The molecular weight excluding hydrogens is 252 g/mol. The van der Waals surface area contributed by atoms with Gasteiger partial charge in [-0.1, -0.05) is 47.0 Å². The average molecular weight is 288 g/mol. The quantitative estimate of drug-likeness (QED) is 0.787. The number of carbonyl (C=O) groups is 2. The van der Waals surface area contributed by atoms with Crippen LogP contribution in [0.1, 0.15) is 73.6 Å². The second-order valence-corrected chi connectivity index (χ2v) is 3.59. The number of hydrogen-bond acceptors (Lipinski definition) is 4. The predicted octanol–water partition coefficient (Wildman–Crippen LogP) is 4.14. The lowest BCUT2D eigenvalue weighted by atomic mass is 9.84. The summed E-state index contributed by atoms with van der Waals surface area (Å²) in [4.78, 5) is 16.0. The molecule has 1 aliphatic rings. The van der Waals surface area contributed by atoms with Gasteiger partial charge in [0, 0.05) is 12.5 Å². The van der Waals surface area contributed by atoms with Gasteiger partial charge in [0.15, 0.2) is 0 Å². The van der Waals surface area contributed by atoms with Crippen LogP contribution in [-0.2, 0) is 9.59 Å². The molecule has 0 unspecified atom stereocenters. The summed E-state index contributed by atoms with van der Waals surface area (Å²) in [7, 11) is 2.07. The summed E-state index contributed by atoms with van der Waals surface area (Å²) in [5.74, 6) is 0. The van der Waals surface area contributed by atoms with Crippen LogP contribution >= 0.6 is 0 Å². The van der Waals surface area contributed by atoms with Crippen molar-refractivity contribution in [2.75, 3.05) is 7.05 Å². The molecule has 1 aliphatic carbocycles.